The van der Waals surface area contributed by atoms with Gasteiger partial charge in [-0.3, -0.25) is 0 Å². The Morgan fingerprint density at radius 2 is 1.94 bits per heavy atom. The maximum absolute atomic E-state index is 14.0. The summed E-state index contributed by atoms with van der Waals surface area (Å²) in [7, 11) is 0. The van der Waals surface area contributed by atoms with Crippen molar-refractivity contribution in [2.45, 2.75) is 46.0 Å². The first-order valence-corrected chi connectivity index (χ1v) is 6.21. The van der Waals surface area contributed by atoms with Gasteiger partial charge in [0.15, 0.2) is 0 Å². The number of hydrogen-bond acceptors (Lipinski definition) is 0. The fourth-order valence-electron chi connectivity index (χ4n) is 3.82. The Bertz CT molecular complexity index is 435. The Kier molecular flexibility index (Phi) is 1.86. The molecule has 86 valence electrons. The van der Waals surface area contributed by atoms with E-state index < -0.39 is 0 Å². The average Bonchev–Trinajstić information content (AvgIpc) is 2.77. The van der Waals surface area contributed by atoms with Crippen molar-refractivity contribution in [2.75, 3.05) is 0 Å². The molecule has 0 N–H and O–H groups in total. The molecule has 1 spiro atoms. The molecule has 1 heteroatoms. The molecule has 1 saturated carbocycles. The molecule has 1 unspecified atom stereocenters. The van der Waals surface area contributed by atoms with Crippen LogP contribution in [0, 0.1) is 16.6 Å². The van der Waals surface area contributed by atoms with Crippen LogP contribution in [0.4, 0.5) is 4.39 Å². The monoisotopic (exact) mass is 218 g/mol. The molecule has 0 aromatic heterocycles. The van der Waals surface area contributed by atoms with Crippen LogP contribution in [0.5, 0.6) is 0 Å². The largest absolute Gasteiger partial charge is 0.207 e. The number of benzene rings is 1. The average molecular weight is 218 g/mol. The second kappa shape index (κ2) is 2.88. The van der Waals surface area contributed by atoms with Crippen molar-refractivity contribution in [3.63, 3.8) is 0 Å². The van der Waals surface area contributed by atoms with Gasteiger partial charge in [0.1, 0.15) is 5.82 Å². The third kappa shape index (κ3) is 1.27. The Morgan fingerprint density at radius 1 is 1.25 bits per heavy atom. The van der Waals surface area contributed by atoms with Crippen LogP contribution in [0.3, 0.4) is 0 Å². The molecule has 1 aromatic rings. The number of fused-ring (bicyclic) bond motifs is 1. The smallest absolute Gasteiger partial charge is 0.126 e. The van der Waals surface area contributed by atoms with Crippen LogP contribution in [-0.2, 0) is 6.42 Å². The molecule has 0 nitrogen and oxygen atoms in total. The highest BCUT2D eigenvalue weighted by atomic mass is 19.1. The van der Waals surface area contributed by atoms with Crippen molar-refractivity contribution < 1.29 is 4.39 Å². The molecule has 0 amide bonds. The van der Waals surface area contributed by atoms with E-state index in [0.29, 0.717) is 11.3 Å². The van der Waals surface area contributed by atoms with Crippen molar-refractivity contribution in [3.05, 3.63) is 35.1 Å². The SMILES string of the molecule is CC(C)(C)C1c2c(F)cccc2CC12CC2. The lowest BCUT2D eigenvalue weighted by molar-refractivity contribution is 0.231. The van der Waals surface area contributed by atoms with Gasteiger partial charge in [0, 0.05) is 0 Å². The Labute approximate surface area is 96.9 Å². The predicted molar refractivity (Wildman–Crippen MR) is 64.0 cm³/mol. The zero-order chi connectivity index (χ0) is 11.6. The zero-order valence-corrected chi connectivity index (χ0v) is 10.3. The standard InChI is InChI=1S/C15H19F/c1-14(2,3)13-12-10(5-4-6-11(12)16)9-15(13)7-8-15/h4-6,13H,7-9H2,1-3H3. The Balaban J connectivity index is 2.17. The molecule has 0 saturated heterocycles. The van der Waals surface area contributed by atoms with Crippen molar-refractivity contribution in [2.24, 2.45) is 10.8 Å². The van der Waals surface area contributed by atoms with Gasteiger partial charge in [-0.25, -0.2) is 4.39 Å². The number of halogens is 1. The van der Waals surface area contributed by atoms with E-state index in [1.165, 1.54) is 18.4 Å². The molecule has 1 fully saturated rings. The minimum atomic E-state index is 0.0150. The molecule has 1 aromatic carbocycles. The van der Waals surface area contributed by atoms with Crippen LogP contribution >= 0.6 is 0 Å². The van der Waals surface area contributed by atoms with E-state index in [0.717, 1.165) is 12.0 Å². The molecule has 16 heavy (non-hydrogen) atoms. The third-order valence-electron chi connectivity index (χ3n) is 4.35. The summed E-state index contributed by atoms with van der Waals surface area (Å²) in [6.45, 7) is 6.75. The lowest BCUT2D eigenvalue weighted by Gasteiger charge is -2.33. The van der Waals surface area contributed by atoms with E-state index >= 15 is 0 Å². The van der Waals surface area contributed by atoms with Crippen molar-refractivity contribution in [3.8, 4) is 0 Å². The van der Waals surface area contributed by atoms with Crippen molar-refractivity contribution >= 4 is 0 Å². The van der Waals surface area contributed by atoms with E-state index in [-0.39, 0.29) is 11.2 Å². The minimum Gasteiger partial charge on any atom is -0.207 e. The van der Waals surface area contributed by atoms with Crippen LogP contribution in [0.2, 0.25) is 0 Å². The number of rotatable bonds is 0. The van der Waals surface area contributed by atoms with Gasteiger partial charge in [0.2, 0.25) is 0 Å². The molecule has 0 aliphatic heterocycles. The van der Waals surface area contributed by atoms with Gasteiger partial charge < -0.3 is 0 Å². The maximum Gasteiger partial charge on any atom is 0.126 e. The van der Waals surface area contributed by atoms with Gasteiger partial charge in [0.05, 0.1) is 0 Å². The normalized spacial score (nSPS) is 25.9. The van der Waals surface area contributed by atoms with Crippen LogP contribution in [-0.4, -0.2) is 0 Å². The van der Waals surface area contributed by atoms with Crippen LogP contribution < -0.4 is 0 Å². The fourth-order valence-corrected chi connectivity index (χ4v) is 3.82. The lowest BCUT2D eigenvalue weighted by atomic mass is 9.71. The second-order valence-electron chi connectivity index (χ2n) is 6.65. The summed E-state index contributed by atoms with van der Waals surface area (Å²) in [6, 6.07) is 5.60. The fraction of sp³-hybridized carbons (Fsp3) is 0.600. The summed E-state index contributed by atoms with van der Waals surface area (Å²) in [6.07, 6.45) is 3.66. The summed E-state index contributed by atoms with van der Waals surface area (Å²) < 4.78 is 14.0. The Hall–Kier alpha value is -0.850. The van der Waals surface area contributed by atoms with Crippen LogP contribution in [0.1, 0.15) is 50.7 Å². The topological polar surface area (TPSA) is 0 Å². The molecular weight excluding hydrogens is 199 g/mol. The molecule has 2 aliphatic rings. The minimum absolute atomic E-state index is 0.0150. The molecular formula is C15H19F. The van der Waals surface area contributed by atoms with Crippen molar-refractivity contribution in [1.82, 2.24) is 0 Å². The van der Waals surface area contributed by atoms with Crippen LogP contribution in [0.15, 0.2) is 18.2 Å². The summed E-state index contributed by atoms with van der Waals surface area (Å²) >= 11 is 0. The first kappa shape index (κ1) is 10.3. The predicted octanol–water partition coefficient (Wildman–Crippen LogP) is 4.29. The summed E-state index contributed by atoms with van der Waals surface area (Å²) in [4.78, 5) is 0. The van der Waals surface area contributed by atoms with Gasteiger partial charge in [0.25, 0.3) is 0 Å². The highest BCUT2D eigenvalue weighted by Crippen LogP contribution is 2.68. The van der Waals surface area contributed by atoms with E-state index in [4.69, 9.17) is 0 Å². The highest BCUT2D eigenvalue weighted by Gasteiger charge is 2.58. The summed E-state index contributed by atoms with van der Waals surface area (Å²) in [5.74, 6) is 0.428. The van der Waals surface area contributed by atoms with Gasteiger partial charge >= 0.3 is 0 Å². The first-order chi connectivity index (χ1) is 7.44. The quantitative estimate of drug-likeness (QED) is 0.609. The van der Waals surface area contributed by atoms with E-state index in [2.05, 4.69) is 26.8 Å². The third-order valence-corrected chi connectivity index (χ3v) is 4.35. The van der Waals surface area contributed by atoms with Gasteiger partial charge in [-0.2, -0.15) is 0 Å². The van der Waals surface area contributed by atoms with E-state index in [1.54, 1.807) is 6.07 Å². The summed E-state index contributed by atoms with van der Waals surface area (Å²) in [5, 5.41) is 0. The second-order valence-corrected chi connectivity index (χ2v) is 6.65. The van der Waals surface area contributed by atoms with Gasteiger partial charge in [-0.05, 0) is 53.2 Å². The van der Waals surface area contributed by atoms with E-state index in [9.17, 15) is 4.39 Å². The van der Waals surface area contributed by atoms with Crippen LogP contribution in [0.25, 0.3) is 0 Å². The molecule has 0 radical (unpaired) electrons. The molecule has 0 bridgehead atoms. The molecule has 0 heterocycles. The molecule has 1 atom stereocenters. The lowest BCUT2D eigenvalue weighted by Crippen LogP contribution is -2.24. The first-order valence-electron chi connectivity index (χ1n) is 6.21. The maximum atomic E-state index is 14.0. The highest BCUT2D eigenvalue weighted by molar-refractivity contribution is 5.43. The van der Waals surface area contributed by atoms with E-state index in [1.807, 2.05) is 6.07 Å². The van der Waals surface area contributed by atoms with Crippen molar-refractivity contribution in [1.29, 1.82) is 0 Å². The number of hydrogen-bond donors (Lipinski definition) is 0. The molecule has 2 aliphatic carbocycles. The van der Waals surface area contributed by atoms with Gasteiger partial charge in [-0.15, -0.1) is 0 Å². The zero-order valence-electron chi connectivity index (χ0n) is 10.3. The molecule has 3 rings (SSSR count). The summed E-state index contributed by atoms with van der Waals surface area (Å²) in [5.41, 5.74) is 2.86. The van der Waals surface area contributed by atoms with Gasteiger partial charge in [-0.1, -0.05) is 32.9 Å². The Morgan fingerprint density at radius 3 is 2.50 bits per heavy atom.